The van der Waals surface area contributed by atoms with Gasteiger partial charge in [0.15, 0.2) is 5.79 Å². The minimum Gasteiger partial charge on any atom is -0.394 e. The molecule has 3 nitrogen and oxygen atoms in total. The van der Waals surface area contributed by atoms with E-state index in [9.17, 15) is 0 Å². The predicted molar refractivity (Wildman–Crippen MR) is 59.9 cm³/mol. The first-order chi connectivity index (χ1) is 7.81. The zero-order chi connectivity index (χ0) is 11.0. The van der Waals surface area contributed by atoms with Crippen LogP contribution in [0.1, 0.15) is 32.1 Å². The van der Waals surface area contributed by atoms with Crippen LogP contribution < -0.4 is 0 Å². The van der Waals surface area contributed by atoms with Gasteiger partial charge < -0.3 is 14.6 Å². The molecular weight excluding hydrogens is 204 g/mol. The van der Waals surface area contributed by atoms with Crippen LogP contribution in [0.3, 0.4) is 0 Å². The van der Waals surface area contributed by atoms with E-state index in [1.165, 1.54) is 11.1 Å². The fourth-order valence-electron chi connectivity index (χ4n) is 2.84. The Balaban J connectivity index is 1.77. The van der Waals surface area contributed by atoms with Crippen molar-refractivity contribution in [1.82, 2.24) is 0 Å². The number of ether oxygens (including phenoxy) is 2. The van der Waals surface area contributed by atoms with Crippen LogP contribution in [0.5, 0.6) is 0 Å². The number of hydrogen-bond acceptors (Lipinski definition) is 3. The Kier molecular flexibility index (Phi) is 2.62. The number of aliphatic hydroxyl groups is 1. The Hall–Kier alpha value is -0.640. The molecule has 0 amide bonds. The van der Waals surface area contributed by atoms with Gasteiger partial charge >= 0.3 is 0 Å². The van der Waals surface area contributed by atoms with Crippen LogP contribution in [0.15, 0.2) is 23.3 Å². The van der Waals surface area contributed by atoms with Crippen LogP contribution in [0.25, 0.3) is 0 Å². The fourth-order valence-corrected chi connectivity index (χ4v) is 2.84. The molecule has 0 radical (unpaired) electrons. The van der Waals surface area contributed by atoms with E-state index in [1.54, 1.807) is 0 Å². The molecule has 0 aromatic heterocycles. The lowest BCUT2D eigenvalue weighted by atomic mass is 9.89. The van der Waals surface area contributed by atoms with Gasteiger partial charge in [-0.25, -0.2) is 0 Å². The molecule has 0 aromatic rings. The molecule has 3 heteroatoms. The summed E-state index contributed by atoms with van der Waals surface area (Å²) in [7, 11) is 0. The number of aliphatic hydroxyl groups excluding tert-OH is 1. The van der Waals surface area contributed by atoms with E-state index >= 15 is 0 Å². The van der Waals surface area contributed by atoms with Gasteiger partial charge in [0, 0.05) is 12.8 Å². The summed E-state index contributed by atoms with van der Waals surface area (Å²) in [5, 5.41) is 9.11. The fraction of sp³-hybridized carbons (Fsp3) is 0.692. The molecule has 3 rings (SSSR count). The maximum Gasteiger partial charge on any atom is 0.173 e. The topological polar surface area (TPSA) is 38.7 Å². The summed E-state index contributed by atoms with van der Waals surface area (Å²) in [6.45, 7) is 0.810. The van der Waals surface area contributed by atoms with Crippen molar-refractivity contribution in [2.75, 3.05) is 13.2 Å². The monoisotopic (exact) mass is 222 g/mol. The molecule has 0 unspecified atom stereocenters. The van der Waals surface area contributed by atoms with E-state index in [-0.39, 0.29) is 12.7 Å². The highest BCUT2D eigenvalue weighted by molar-refractivity contribution is 5.32. The van der Waals surface area contributed by atoms with Crippen molar-refractivity contribution in [3.63, 3.8) is 0 Å². The van der Waals surface area contributed by atoms with Crippen molar-refractivity contribution in [3.05, 3.63) is 23.3 Å². The van der Waals surface area contributed by atoms with E-state index in [2.05, 4.69) is 12.2 Å². The van der Waals surface area contributed by atoms with E-state index in [0.29, 0.717) is 6.61 Å². The smallest absolute Gasteiger partial charge is 0.173 e. The second-order valence-electron chi connectivity index (χ2n) is 4.91. The third kappa shape index (κ3) is 1.73. The standard InChI is InChI=1S/C13H18O3/c14-8-12-5-6-13(16-12)7-10-3-1-2-4-11(10)9-15-13/h1,3,12,14H,2,4-9H2/t12-,13+/m0/s1. The van der Waals surface area contributed by atoms with Crippen LogP contribution >= 0.6 is 0 Å². The number of rotatable bonds is 1. The van der Waals surface area contributed by atoms with E-state index in [4.69, 9.17) is 14.6 Å². The lowest BCUT2D eigenvalue weighted by molar-refractivity contribution is -0.230. The number of hydrogen-bond donors (Lipinski definition) is 1. The molecule has 2 atom stereocenters. The molecule has 1 aliphatic carbocycles. The first-order valence-electron chi connectivity index (χ1n) is 6.11. The molecule has 1 spiro atoms. The van der Waals surface area contributed by atoms with Crippen LogP contribution in [-0.2, 0) is 9.47 Å². The molecule has 1 fully saturated rings. The minimum absolute atomic E-state index is 0.0327. The number of allylic oxidation sites excluding steroid dienone is 2. The summed E-state index contributed by atoms with van der Waals surface area (Å²) in [4.78, 5) is 0. The van der Waals surface area contributed by atoms with Crippen molar-refractivity contribution >= 4 is 0 Å². The van der Waals surface area contributed by atoms with Crippen LogP contribution in [-0.4, -0.2) is 30.2 Å². The van der Waals surface area contributed by atoms with Gasteiger partial charge in [-0.3, -0.25) is 0 Å². The Labute approximate surface area is 95.7 Å². The highest BCUT2D eigenvalue weighted by Crippen LogP contribution is 2.42. The van der Waals surface area contributed by atoms with Crippen molar-refractivity contribution < 1.29 is 14.6 Å². The summed E-state index contributed by atoms with van der Waals surface area (Å²) in [5.74, 6) is -0.437. The molecule has 88 valence electrons. The summed E-state index contributed by atoms with van der Waals surface area (Å²) < 4.78 is 11.8. The highest BCUT2D eigenvalue weighted by Gasteiger charge is 2.44. The molecule has 1 N–H and O–H groups in total. The Morgan fingerprint density at radius 3 is 3.25 bits per heavy atom. The van der Waals surface area contributed by atoms with Gasteiger partial charge in [-0.15, -0.1) is 0 Å². The summed E-state index contributed by atoms with van der Waals surface area (Å²) >= 11 is 0. The molecule has 0 aromatic carbocycles. The second kappa shape index (κ2) is 3.99. The van der Waals surface area contributed by atoms with Crippen LogP contribution in [0.4, 0.5) is 0 Å². The summed E-state index contributed by atoms with van der Waals surface area (Å²) in [5.41, 5.74) is 2.83. The quantitative estimate of drug-likeness (QED) is 0.736. The predicted octanol–water partition coefficient (Wildman–Crippen LogP) is 1.92. The second-order valence-corrected chi connectivity index (χ2v) is 4.91. The highest BCUT2D eigenvalue weighted by atomic mass is 16.7. The minimum atomic E-state index is -0.437. The van der Waals surface area contributed by atoms with Gasteiger partial charge in [-0.1, -0.05) is 12.2 Å². The zero-order valence-electron chi connectivity index (χ0n) is 9.45. The lowest BCUT2D eigenvalue weighted by Crippen LogP contribution is -2.38. The molecule has 2 aliphatic heterocycles. The van der Waals surface area contributed by atoms with Crippen LogP contribution in [0, 0.1) is 0 Å². The molecule has 0 saturated carbocycles. The zero-order valence-corrected chi connectivity index (χ0v) is 9.45. The van der Waals surface area contributed by atoms with E-state index in [1.807, 2.05) is 0 Å². The van der Waals surface area contributed by atoms with Crippen molar-refractivity contribution in [3.8, 4) is 0 Å². The molecule has 3 aliphatic rings. The van der Waals surface area contributed by atoms with Gasteiger partial charge in [0.05, 0.1) is 19.3 Å². The van der Waals surface area contributed by atoms with Gasteiger partial charge in [0.25, 0.3) is 0 Å². The first kappa shape index (κ1) is 10.5. The first-order valence-corrected chi connectivity index (χ1v) is 6.11. The third-order valence-corrected chi connectivity index (χ3v) is 3.79. The van der Waals surface area contributed by atoms with Crippen LogP contribution in [0.2, 0.25) is 0 Å². The van der Waals surface area contributed by atoms with E-state index in [0.717, 1.165) is 32.1 Å². The Bertz CT molecular complexity index is 345. The molecular formula is C13H18O3. The van der Waals surface area contributed by atoms with E-state index < -0.39 is 5.79 Å². The van der Waals surface area contributed by atoms with Gasteiger partial charge in [-0.05, 0) is 30.4 Å². The van der Waals surface area contributed by atoms with Gasteiger partial charge in [0.2, 0.25) is 0 Å². The Morgan fingerprint density at radius 2 is 2.44 bits per heavy atom. The average Bonchev–Trinajstić information content (AvgIpc) is 2.72. The normalized spacial score (nSPS) is 38.2. The van der Waals surface area contributed by atoms with Crippen molar-refractivity contribution in [1.29, 1.82) is 0 Å². The van der Waals surface area contributed by atoms with Crippen molar-refractivity contribution in [2.45, 2.75) is 44.0 Å². The molecule has 2 heterocycles. The maximum atomic E-state index is 9.11. The molecule has 16 heavy (non-hydrogen) atoms. The average molecular weight is 222 g/mol. The van der Waals surface area contributed by atoms with Gasteiger partial charge in [0.1, 0.15) is 0 Å². The lowest BCUT2D eigenvalue weighted by Gasteiger charge is -2.36. The largest absolute Gasteiger partial charge is 0.394 e. The summed E-state index contributed by atoms with van der Waals surface area (Å²) in [6.07, 6.45) is 9.35. The summed E-state index contributed by atoms with van der Waals surface area (Å²) in [6, 6.07) is 0. The van der Waals surface area contributed by atoms with Crippen molar-refractivity contribution in [2.24, 2.45) is 0 Å². The SMILES string of the molecule is OC[C@@H]1CC[C@]2(CC3=C(CCC=C3)CO2)O1. The third-order valence-electron chi connectivity index (χ3n) is 3.79. The Morgan fingerprint density at radius 1 is 1.50 bits per heavy atom. The molecule has 1 saturated heterocycles. The molecule has 0 bridgehead atoms. The van der Waals surface area contributed by atoms with Gasteiger partial charge in [-0.2, -0.15) is 0 Å². The maximum absolute atomic E-state index is 9.11.